The van der Waals surface area contributed by atoms with E-state index in [2.05, 4.69) is 51.6 Å². The Balaban J connectivity index is 1.49. The molecule has 0 bridgehead atoms. The molecule has 0 aliphatic carbocycles. The van der Waals surface area contributed by atoms with Crippen LogP contribution in [-0.4, -0.2) is 57.3 Å². The summed E-state index contributed by atoms with van der Waals surface area (Å²) >= 11 is 0. The van der Waals surface area contributed by atoms with Crippen LogP contribution in [0.2, 0.25) is 0 Å². The predicted octanol–water partition coefficient (Wildman–Crippen LogP) is 1.62. The van der Waals surface area contributed by atoms with Crippen molar-refractivity contribution in [3.05, 3.63) is 28.6 Å². The number of anilines is 1. The monoisotopic (exact) mass is 475 g/mol. The van der Waals surface area contributed by atoms with Gasteiger partial charge in [0.25, 0.3) is 5.91 Å². The first-order valence-corrected chi connectivity index (χ1v) is 11.9. The standard InChI is InChI=1S/C25H29N7O3/c1-13-21(33)31-25(23(35)27-13)5-7-32(8-6-25)12-14-9-15-18-19(16(14)10-24(2,3)4)28-17(11-26)29-20(18)30-22(15)34/h9,13H,5-8,10,12H2,1-4H3,(H,27,35)(H,31,33)(H,28,29,30,34). The average molecular weight is 476 g/mol. The largest absolute Gasteiger partial charge is 0.343 e. The number of piperazine rings is 1. The van der Waals surface area contributed by atoms with Crippen LogP contribution >= 0.6 is 0 Å². The van der Waals surface area contributed by atoms with Gasteiger partial charge in [-0.25, -0.2) is 9.97 Å². The zero-order valence-electron chi connectivity index (χ0n) is 20.4. The SMILES string of the molecule is CC1NC(=O)C2(CCN(Cc3cc4c5c(nc(C#N)nc5c3CC(C)(C)C)NC4=O)CC2)NC1=O. The molecule has 1 atom stereocenters. The molecule has 0 saturated carbocycles. The maximum Gasteiger partial charge on any atom is 0.257 e. The lowest BCUT2D eigenvalue weighted by Crippen LogP contribution is -2.71. The summed E-state index contributed by atoms with van der Waals surface area (Å²) in [4.78, 5) is 48.6. The van der Waals surface area contributed by atoms with Gasteiger partial charge >= 0.3 is 0 Å². The molecule has 1 spiro atoms. The van der Waals surface area contributed by atoms with E-state index in [1.807, 2.05) is 12.1 Å². The van der Waals surface area contributed by atoms with E-state index in [-0.39, 0.29) is 29.0 Å². The van der Waals surface area contributed by atoms with Crippen LogP contribution in [0.5, 0.6) is 0 Å². The highest BCUT2D eigenvalue weighted by Gasteiger charge is 2.47. The number of rotatable bonds is 3. The Bertz CT molecular complexity index is 1310. The fourth-order valence-electron chi connectivity index (χ4n) is 5.27. The number of piperidine rings is 1. The van der Waals surface area contributed by atoms with Crippen molar-refractivity contribution in [2.75, 3.05) is 18.4 Å². The Morgan fingerprint density at radius 1 is 1.20 bits per heavy atom. The summed E-state index contributed by atoms with van der Waals surface area (Å²) in [6.45, 7) is 9.92. The van der Waals surface area contributed by atoms with E-state index >= 15 is 0 Å². The lowest BCUT2D eigenvalue weighted by Gasteiger charge is -2.44. The number of carbonyl (C=O) groups excluding carboxylic acids is 3. The second-order valence-electron chi connectivity index (χ2n) is 11.0. The second kappa shape index (κ2) is 7.99. The van der Waals surface area contributed by atoms with Gasteiger partial charge in [-0.05, 0) is 48.8 Å². The molecule has 5 rings (SSSR count). The molecule has 3 aliphatic rings. The third-order valence-electron chi connectivity index (χ3n) is 7.10. The molecular formula is C25H29N7O3. The number of benzene rings is 1. The highest BCUT2D eigenvalue weighted by Crippen LogP contribution is 2.38. The number of nitrogens with zero attached hydrogens (tertiary/aromatic N) is 4. The lowest BCUT2D eigenvalue weighted by molar-refractivity contribution is -0.143. The summed E-state index contributed by atoms with van der Waals surface area (Å²) in [5.41, 5.74) is 2.23. The van der Waals surface area contributed by atoms with Crippen LogP contribution in [0.15, 0.2) is 6.07 Å². The molecule has 2 saturated heterocycles. The zero-order valence-corrected chi connectivity index (χ0v) is 20.4. The van der Waals surface area contributed by atoms with Crippen molar-refractivity contribution in [3.63, 3.8) is 0 Å². The summed E-state index contributed by atoms with van der Waals surface area (Å²) in [6, 6.07) is 3.41. The zero-order chi connectivity index (χ0) is 25.1. The minimum absolute atomic E-state index is 0.0288. The van der Waals surface area contributed by atoms with Gasteiger partial charge in [0.15, 0.2) is 0 Å². The molecule has 182 valence electrons. The van der Waals surface area contributed by atoms with Crippen LogP contribution in [0.25, 0.3) is 10.9 Å². The van der Waals surface area contributed by atoms with Gasteiger partial charge in [0, 0.05) is 19.6 Å². The van der Waals surface area contributed by atoms with Gasteiger partial charge < -0.3 is 16.0 Å². The number of aromatic nitrogens is 2. The topological polar surface area (TPSA) is 140 Å². The van der Waals surface area contributed by atoms with E-state index in [4.69, 9.17) is 0 Å². The molecule has 1 unspecified atom stereocenters. The van der Waals surface area contributed by atoms with Gasteiger partial charge in [-0.3, -0.25) is 19.3 Å². The summed E-state index contributed by atoms with van der Waals surface area (Å²) in [7, 11) is 0. The molecule has 3 aliphatic heterocycles. The number of nitriles is 1. The van der Waals surface area contributed by atoms with Crippen molar-refractivity contribution in [2.24, 2.45) is 5.41 Å². The number of nitrogens with one attached hydrogen (secondary N) is 3. The van der Waals surface area contributed by atoms with E-state index in [9.17, 15) is 19.6 Å². The van der Waals surface area contributed by atoms with Gasteiger partial charge in [0.1, 0.15) is 23.5 Å². The Hall–Kier alpha value is -3.58. The van der Waals surface area contributed by atoms with Crippen LogP contribution in [0.1, 0.15) is 67.8 Å². The first kappa shape index (κ1) is 23.2. The highest BCUT2D eigenvalue weighted by atomic mass is 16.2. The molecule has 1 aromatic heterocycles. The summed E-state index contributed by atoms with van der Waals surface area (Å²) in [6.07, 6.45) is 1.73. The van der Waals surface area contributed by atoms with Crippen molar-refractivity contribution in [1.82, 2.24) is 25.5 Å². The Morgan fingerprint density at radius 2 is 1.91 bits per heavy atom. The number of amides is 3. The number of carbonyl (C=O) groups is 3. The Morgan fingerprint density at radius 3 is 2.57 bits per heavy atom. The normalized spacial score (nSPS) is 21.6. The lowest BCUT2D eigenvalue weighted by atomic mass is 9.82. The third-order valence-corrected chi connectivity index (χ3v) is 7.10. The third kappa shape index (κ3) is 4.00. The molecule has 35 heavy (non-hydrogen) atoms. The van der Waals surface area contributed by atoms with E-state index in [0.717, 1.165) is 11.1 Å². The maximum atomic E-state index is 12.7. The molecule has 2 aromatic rings. The highest BCUT2D eigenvalue weighted by molar-refractivity contribution is 6.23. The second-order valence-corrected chi connectivity index (χ2v) is 11.0. The van der Waals surface area contributed by atoms with E-state index < -0.39 is 11.6 Å². The number of hydrogen-bond donors (Lipinski definition) is 3. The molecule has 3 N–H and O–H groups in total. The molecule has 0 radical (unpaired) electrons. The van der Waals surface area contributed by atoms with Crippen molar-refractivity contribution in [3.8, 4) is 6.07 Å². The van der Waals surface area contributed by atoms with Crippen LogP contribution in [0.3, 0.4) is 0 Å². The van der Waals surface area contributed by atoms with Gasteiger partial charge in [0.05, 0.1) is 16.5 Å². The van der Waals surface area contributed by atoms with Gasteiger partial charge in [0.2, 0.25) is 17.6 Å². The van der Waals surface area contributed by atoms with Crippen molar-refractivity contribution in [2.45, 2.75) is 65.1 Å². The fourth-order valence-corrected chi connectivity index (χ4v) is 5.27. The summed E-state index contributed by atoms with van der Waals surface area (Å²) in [5.74, 6) is -0.103. The molecule has 2 fully saturated rings. The molecule has 1 aromatic carbocycles. The van der Waals surface area contributed by atoms with Crippen molar-refractivity contribution >= 4 is 34.4 Å². The number of hydrogen-bond acceptors (Lipinski definition) is 7. The summed E-state index contributed by atoms with van der Waals surface area (Å²) in [5, 5.41) is 18.7. The number of likely N-dealkylation sites (tertiary alicyclic amines) is 1. The molecule has 10 nitrogen and oxygen atoms in total. The molecule has 3 amide bonds. The quantitative estimate of drug-likeness (QED) is 0.613. The van der Waals surface area contributed by atoms with Crippen LogP contribution in [0.4, 0.5) is 5.82 Å². The molecule has 4 heterocycles. The smallest absolute Gasteiger partial charge is 0.257 e. The van der Waals surface area contributed by atoms with E-state index in [1.54, 1.807) is 6.92 Å². The first-order valence-electron chi connectivity index (χ1n) is 11.9. The molecule has 10 heteroatoms. The van der Waals surface area contributed by atoms with Crippen molar-refractivity contribution in [1.29, 1.82) is 5.26 Å². The minimum Gasteiger partial charge on any atom is -0.343 e. The Labute approximate surface area is 203 Å². The van der Waals surface area contributed by atoms with Gasteiger partial charge in [-0.15, -0.1) is 0 Å². The van der Waals surface area contributed by atoms with Gasteiger partial charge in [-0.2, -0.15) is 5.26 Å². The van der Waals surface area contributed by atoms with Crippen LogP contribution in [-0.2, 0) is 22.6 Å². The Kier molecular flexibility index (Phi) is 5.29. The average Bonchev–Trinajstić information content (AvgIpc) is 3.11. The van der Waals surface area contributed by atoms with Crippen molar-refractivity contribution < 1.29 is 14.4 Å². The van der Waals surface area contributed by atoms with Crippen LogP contribution in [0, 0.1) is 16.7 Å². The first-order chi connectivity index (χ1) is 16.5. The maximum absolute atomic E-state index is 12.7. The fraction of sp³-hybridized carbons (Fsp3) is 0.520. The minimum atomic E-state index is -0.866. The van der Waals surface area contributed by atoms with E-state index in [0.29, 0.717) is 61.2 Å². The van der Waals surface area contributed by atoms with E-state index in [1.165, 1.54) is 0 Å². The van der Waals surface area contributed by atoms with Crippen LogP contribution < -0.4 is 16.0 Å². The molecular weight excluding hydrogens is 446 g/mol. The van der Waals surface area contributed by atoms with Gasteiger partial charge in [-0.1, -0.05) is 20.8 Å². The predicted molar refractivity (Wildman–Crippen MR) is 128 cm³/mol. The summed E-state index contributed by atoms with van der Waals surface area (Å²) < 4.78 is 0.